The number of nitrogens with zero attached hydrogens (tertiary/aromatic N) is 1. The maximum absolute atomic E-state index is 5.04. The zero-order chi connectivity index (χ0) is 33.3. The molecular formula is C48H32NP. The Morgan fingerprint density at radius 1 is 0.320 bits per heavy atom. The van der Waals surface area contributed by atoms with E-state index in [9.17, 15) is 0 Å². The van der Waals surface area contributed by atoms with Crippen LogP contribution in [0.2, 0.25) is 0 Å². The van der Waals surface area contributed by atoms with Gasteiger partial charge in [0.1, 0.15) is 0 Å². The highest BCUT2D eigenvalue weighted by atomic mass is 31.0. The Morgan fingerprint density at radius 3 is 1.48 bits per heavy atom. The van der Waals surface area contributed by atoms with Gasteiger partial charge in [0, 0.05) is 27.9 Å². The minimum atomic E-state index is 0.951. The molecule has 2 heteroatoms. The summed E-state index contributed by atoms with van der Waals surface area (Å²) in [6.45, 7) is 0. The fourth-order valence-electron chi connectivity index (χ4n) is 6.97. The van der Waals surface area contributed by atoms with Crippen molar-refractivity contribution in [3.05, 3.63) is 194 Å². The van der Waals surface area contributed by atoms with Gasteiger partial charge in [-0.15, -0.1) is 0 Å². The molecule has 0 amide bonds. The molecule has 0 aliphatic carbocycles. The molecule has 2 heterocycles. The normalized spacial score (nSPS) is 11.2. The van der Waals surface area contributed by atoms with Gasteiger partial charge in [0.05, 0.1) is 5.69 Å². The fourth-order valence-corrected chi connectivity index (χ4v) is 8.19. The lowest BCUT2D eigenvalue weighted by molar-refractivity contribution is 1.32. The quantitative estimate of drug-likeness (QED) is 0.163. The van der Waals surface area contributed by atoms with Crippen LogP contribution in [0, 0.1) is 0 Å². The molecule has 2 aromatic heterocycles. The van der Waals surface area contributed by atoms with Crippen LogP contribution < -0.4 is 0 Å². The molecule has 0 radical (unpaired) electrons. The maximum Gasteiger partial charge on any atom is 0.0702 e. The standard InChI is InChI=1S/C48H32NP/c1-4-14-33(15-5-1)37-24-25-46(49-32-37)41-27-38(26-40(28-41)45-29-36-20-10-11-21-42(36)43-22-12-13-23-44(43)45)39-30-47(34-16-6-2-7-17-34)50-48(31-39)35-18-8-3-9-19-35/h1-32H. The van der Waals surface area contributed by atoms with Gasteiger partial charge in [-0.3, -0.25) is 4.98 Å². The van der Waals surface area contributed by atoms with E-state index < -0.39 is 0 Å². The van der Waals surface area contributed by atoms with Gasteiger partial charge < -0.3 is 0 Å². The first-order valence-electron chi connectivity index (χ1n) is 17.0. The molecule has 0 unspecified atom stereocenters. The van der Waals surface area contributed by atoms with Crippen LogP contribution >= 0.6 is 8.19 Å². The number of fused-ring (bicyclic) bond motifs is 3. The Morgan fingerprint density at radius 2 is 0.840 bits per heavy atom. The van der Waals surface area contributed by atoms with Crippen LogP contribution in [-0.4, -0.2) is 4.98 Å². The van der Waals surface area contributed by atoms with Crippen LogP contribution in [0.1, 0.15) is 0 Å². The molecule has 9 rings (SSSR count). The van der Waals surface area contributed by atoms with Crippen LogP contribution in [0.4, 0.5) is 0 Å². The molecule has 7 aromatic carbocycles. The molecule has 0 aliphatic rings. The van der Waals surface area contributed by atoms with E-state index in [4.69, 9.17) is 4.98 Å². The smallest absolute Gasteiger partial charge is 0.0702 e. The van der Waals surface area contributed by atoms with Crippen molar-refractivity contribution in [2.45, 2.75) is 0 Å². The second-order valence-electron chi connectivity index (χ2n) is 12.6. The highest BCUT2D eigenvalue weighted by molar-refractivity contribution is 7.37. The number of hydrogen-bond acceptors (Lipinski definition) is 1. The number of hydrogen-bond donors (Lipinski definition) is 0. The van der Waals surface area contributed by atoms with Gasteiger partial charge >= 0.3 is 0 Å². The van der Waals surface area contributed by atoms with Gasteiger partial charge in [0.15, 0.2) is 0 Å². The van der Waals surface area contributed by atoms with Crippen molar-refractivity contribution in [1.82, 2.24) is 4.98 Å². The molecule has 50 heavy (non-hydrogen) atoms. The van der Waals surface area contributed by atoms with E-state index in [1.165, 1.54) is 73.7 Å². The predicted octanol–water partition coefficient (Wildman–Crippen LogP) is 14.0. The third-order valence-corrected chi connectivity index (χ3v) is 10.7. The molecule has 9 aromatic rings. The van der Waals surface area contributed by atoms with Crippen molar-refractivity contribution < 1.29 is 0 Å². The van der Waals surface area contributed by atoms with Crippen molar-refractivity contribution in [3.63, 3.8) is 0 Å². The van der Waals surface area contributed by atoms with Crippen LogP contribution in [0.5, 0.6) is 0 Å². The summed E-state index contributed by atoms with van der Waals surface area (Å²) in [5.41, 5.74) is 11.5. The van der Waals surface area contributed by atoms with E-state index in [1.54, 1.807) is 0 Å². The maximum atomic E-state index is 5.04. The molecule has 1 nitrogen and oxygen atoms in total. The Bertz CT molecular complexity index is 2550. The van der Waals surface area contributed by atoms with Crippen LogP contribution in [0.3, 0.4) is 0 Å². The Kier molecular flexibility index (Phi) is 7.82. The van der Waals surface area contributed by atoms with Crippen molar-refractivity contribution in [1.29, 1.82) is 0 Å². The van der Waals surface area contributed by atoms with E-state index in [0.717, 1.165) is 22.4 Å². The Hall–Kier alpha value is -6.14. The van der Waals surface area contributed by atoms with E-state index >= 15 is 0 Å². The summed E-state index contributed by atoms with van der Waals surface area (Å²) in [5, 5.41) is 7.59. The first kappa shape index (κ1) is 30.0. The van der Waals surface area contributed by atoms with Crippen molar-refractivity contribution in [2.75, 3.05) is 0 Å². The highest BCUT2D eigenvalue weighted by Gasteiger charge is 2.15. The van der Waals surface area contributed by atoms with Gasteiger partial charge in [0.25, 0.3) is 0 Å². The number of pyridine rings is 1. The summed E-state index contributed by atoms with van der Waals surface area (Å²) in [6.07, 6.45) is 2.00. The van der Waals surface area contributed by atoms with Gasteiger partial charge in [-0.1, -0.05) is 154 Å². The van der Waals surface area contributed by atoms with E-state index in [0.29, 0.717) is 0 Å². The molecule has 0 saturated heterocycles. The summed E-state index contributed by atoms with van der Waals surface area (Å²) >= 11 is 0. The molecule has 0 spiro atoms. The van der Waals surface area contributed by atoms with Crippen LogP contribution in [0.25, 0.3) is 87.9 Å². The summed E-state index contributed by atoms with van der Waals surface area (Å²) < 4.78 is 0. The lowest BCUT2D eigenvalue weighted by Gasteiger charge is -2.16. The Balaban J connectivity index is 1.28. The first-order valence-corrected chi connectivity index (χ1v) is 17.9. The average Bonchev–Trinajstić information content (AvgIpc) is 3.21. The second kappa shape index (κ2) is 13.1. The number of benzene rings is 7. The van der Waals surface area contributed by atoms with Gasteiger partial charge in [0.2, 0.25) is 0 Å². The summed E-state index contributed by atoms with van der Waals surface area (Å²) in [7, 11) is 1.19. The number of rotatable bonds is 6. The van der Waals surface area contributed by atoms with Gasteiger partial charge in [-0.05, 0) is 103 Å². The summed E-state index contributed by atoms with van der Waals surface area (Å²) in [4.78, 5) is 5.04. The minimum Gasteiger partial charge on any atom is -0.256 e. The first-order chi connectivity index (χ1) is 24.8. The lowest BCUT2D eigenvalue weighted by atomic mass is 9.90. The topological polar surface area (TPSA) is 12.9 Å². The van der Waals surface area contributed by atoms with Gasteiger partial charge in [-0.25, -0.2) is 0 Å². The van der Waals surface area contributed by atoms with E-state index in [1.807, 2.05) is 12.3 Å². The molecule has 0 aliphatic heterocycles. The van der Waals surface area contributed by atoms with Crippen LogP contribution in [-0.2, 0) is 0 Å². The SMILES string of the molecule is c1ccc(-c2ccc(-c3cc(-c4cc(-c5ccccc5)pc(-c5ccccc5)c4)cc(-c4cc5ccccc5c5ccccc45)c3)nc2)cc1. The van der Waals surface area contributed by atoms with Gasteiger partial charge in [-0.2, -0.15) is 0 Å². The van der Waals surface area contributed by atoms with Crippen molar-refractivity contribution >= 4 is 29.7 Å². The van der Waals surface area contributed by atoms with Crippen LogP contribution in [0.15, 0.2) is 194 Å². The molecule has 0 fully saturated rings. The molecule has 0 atom stereocenters. The molecule has 0 bridgehead atoms. The monoisotopic (exact) mass is 653 g/mol. The zero-order valence-electron chi connectivity index (χ0n) is 27.4. The molecule has 0 N–H and O–H groups in total. The molecule has 0 saturated carbocycles. The predicted molar refractivity (Wildman–Crippen MR) is 214 cm³/mol. The molecule has 234 valence electrons. The van der Waals surface area contributed by atoms with Crippen molar-refractivity contribution in [3.8, 4) is 66.4 Å². The third-order valence-electron chi connectivity index (χ3n) is 9.48. The summed E-state index contributed by atoms with van der Waals surface area (Å²) in [5.74, 6) is 0. The minimum absolute atomic E-state index is 0.951. The fraction of sp³-hybridized carbons (Fsp3) is 0. The summed E-state index contributed by atoms with van der Waals surface area (Å²) in [6, 6.07) is 67.9. The number of aromatic nitrogens is 1. The van der Waals surface area contributed by atoms with Crippen molar-refractivity contribution in [2.24, 2.45) is 0 Å². The average molecular weight is 654 g/mol. The highest BCUT2D eigenvalue weighted by Crippen LogP contribution is 2.43. The zero-order valence-corrected chi connectivity index (χ0v) is 28.3. The largest absolute Gasteiger partial charge is 0.256 e. The molecular weight excluding hydrogens is 622 g/mol. The Labute approximate surface area is 294 Å². The van der Waals surface area contributed by atoms with E-state index in [-0.39, 0.29) is 0 Å². The third kappa shape index (κ3) is 5.79. The second-order valence-corrected chi connectivity index (χ2v) is 13.8. The lowest BCUT2D eigenvalue weighted by Crippen LogP contribution is -1.91. The van der Waals surface area contributed by atoms with E-state index in [2.05, 4.69) is 182 Å².